The summed E-state index contributed by atoms with van der Waals surface area (Å²) in [6, 6.07) is 19.1. The third-order valence-corrected chi connectivity index (χ3v) is 4.82. The molecule has 33 heavy (non-hydrogen) atoms. The number of hydrogen-bond donors (Lipinski definition) is 1. The summed E-state index contributed by atoms with van der Waals surface area (Å²) in [6.07, 6.45) is 1.80. The highest BCUT2D eigenvalue weighted by molar-refractivity contribution is 5.91. The Kier molecular flexibility index (Phi) is 5.15. The summed E-state index contributed by atoms with van der Waals surface area (Å²) in [4.78, 5) is 24.5. The van der Waals surface area contributed by atoms with E-state index in [-0.39, 0.29) is 12.5 Å². The molecule has 0 spiro atoms. The fourth-order valence-corrected chi connectivity index (χ4v) is 3.27. The van der Waals surface area contributed by atoms with E-state index in [1.807, 2.05) is 13.0 Å². The SMILES string of the molecule is Cc1ccn(-c2ccc(Oc3ccc(NC(=O)Cn4c(=O)oc5ccccc54)cc3)nn2)n1. The average Bonchev–Trinajstić information content (AvgIpc) is 3.39. The lowest BCUT2D eigenvalue weighted by Crippen LogP contribution is -2.24. The number of nitrogens with one attached hydrogen (secondary N) is 1. The number of oxazole rings is 1. The maximum Gasteiger partial charge on any atom is 0.420 e. The van der Waals surface area contributed by atoms with Crippen LogP contribution in [0.2, 0.25) is 0 Å². The van der Waals surface area contributed by atoms with Crippen molar-refractivity contribution in [3.8, 4) is 17.4 Å². The van der Waals surface area contributed by atoms with Gasteiger partial charge in [-0.25, -0.2) is 9.48 Å². The quantitative estimate of drug-likeness (QED) is 0.429. The monoisotopic (exact) mass is 442 g/mol. The maximum absolute atomic E-state index is 12.4. The van der Waals surface area contributed by atoms with Crippen LogP contribution in [0.5, 0.6) is 11.6 Å². The van der Waals surface area contributed by atoms with Gasteiger partial charge in [0.2, 0.25) is 11.8 Å². The van der Waals surface area contributed by atoms with Crippen LogP contribution in [0.3, 0.4) is 0 Å². The molecule has 5 rings (SSSR count). The third kappa shape index (κ3) is 4.35. The van der Waals surface area contributed by atoms with Gasteiger partial charge in [-0.3, -0.25) is 9.36 Å². The number of aryl methyl sites for hydroxylation is 1. The van der Waals surface area contributed by atoms with Crippen LogP contribution in [0.1, 0.15) is 5.69 Å². The molecule has 1 N–H and O–H groups in total. The van der Waals surface area contributed by atoms with Crippen LogP contribution in [0, 0.1) is 6.92 Å². The van der Waals surface area contributed by atoms with E-state index in [1.165, 1.54) is 4.57 Å². The molecule has 164 valence electrons. The van der Waals surface area contributed by atoms with Gasteiger partial charge in [-0.15, -0.1) is 10.2 Å². The molecule has 2 aromatic carbocycles. The molecule has 0 aliphatic carbocycles. The molecule has 0 saturated carbocycles. The zero-order chi connectivity index (χ0) is 22.8. The summed E-state index contributed by atoms with van der Waals surface area (Å²) < 4.78 is 13.8. The van der Waals surface area contributed by atoms with Crippen molar-refractivity contribution in [3.63, 3.8) is 0 Å². The molecule has 3 heterocycles. The minimum absolute atomic E-state index is 0.161. The van der Waals surface area contributed by atoms with Gasteiger partial charge in [0, 0.05) is 18.0 Å². The lowest BCUT2D eigenvalue weighted by Gasteiger charge is -2.08. The van der Waals surface area contributed by atoms with Crippen molar-refractivity contribution in [1.82, 2.24) is 24.5 Å². The molecule has 0 aliphatic rings. The Morgan fingerprint density at radius 3 is 2.58 bits per heavy atom. The standard InChI is InChI=1S/C23H18N6O4/c1-15-12-13-29(27-15)20-10-11-22(26-25-20)32-17-8-6-16(7-9-17)24-21(30)14-28-18-4-2-3-5-19(18)33-23(28)31/h2-13H,14H2,1H3,(H,24,30). The van der Waals surface area contributed by atoms with Crippen molar-refractivity contribution < 1.29 is 13.9 Å². The lowest BCUT2D eigenvalue weighted by atomic mass is 10.3. The van der Waals surface area contributed by atoms with Crippen molar-refractivity contribution in [3.05, 3.63) is 89.2 Å². The second-order valence-corrected chi connectivity index (χ2v) is 7.23. The van der Waals surface area contributed by atoms with E-state index in [9.17, 15) is 9.59 Å². The molecule has 1 amide bonds. The summed E-state index contributed by atoms with van der Waals surface area (Å²) in [5.41, 5.74) is 2.45. The van der Waals surface area contributed by atoms with Gasteiger partial charge < -0.3 is 14.5 Å². The normalized spacial score (nSPS) is 10.9. The predicted molar refractivity (Wildman–Crippen MR) is 120 cm³/mol. The first-order valence-electron chi connectivity index (χ1n) is 10.1. The zero-order valence-corrected chi connectivity index (χ0v) is 17.5. The van der Waals surface area contributed by atoms with Crippen molar-refractivity contribution >= 4 is 22.7 Å². The highest BCUT2D eigenvalue weighted by atomic mass is 16.5. The molecule has 0 radical (unpaired) electrons. The van der Waals surface area contributed by atoms with Gasteiger partial charge in [0.1, 0.15) is 12.3 Å². The second kappa shape index (κ2) is 8.42. The first kappa shape index (κ1) is 20.2. The van der Waals surface area contributed by atoms with Gasteiger partial charge in [-0.2, -0.15) is 5.10 Å². The summed E-state index contributed by atoms with van der Waals surface area (Å²) >= 11 is 0. The molecule has 10 nitrogen and oxygen atoms in total. The molecule has 0 aliphatic heterocycles. The molecular formula is C23H18N6O4. The van der Waals surface area contributed by atoms with Crippen LogP contribution >= 0.6 is 0 Å². The van der Waals surface area contributed by atoms with Gasteiger partial charge in [-0.1, -0.05) is 12.1 Å². The van der Waals surface area contributed by atoms with Gasteiger partial charge >= 0.3 is 5.76 Å². The number of rotatable bonds is 6. The molecule has 5 aromatic rings. The van der Waals surface area contributed by atoms with Crippen LogP contribution in [0.25, 0.3) is 16.9 Å². The summed E-state index contributed by atoms with van der Waals surface area (Å²) in [5.74, 6) is 0.503. The number of benzene rings is 2. The predicted octanol–water partition coefficient (Wildman–Crippen LogP) is 3.31. The van der Waals surface area contributed by atoms with Crippen LogP contribution in [-0.2, 0) is 11.3 Å². The molecule has 3 aromatic heterocycles. The number of aromatic nitrogens is 5. The van der Waals surface area contributed by atoms with Crippen molar-refractivity contribution in [2.45, 2.75) is 13.5 Å². The summed E-state index contributed by atoms with van der Waals surface area (Å²) in [5, 5.41) is 15.2. The van der Waals surface area contributed by atoms with E-state index < -0.39 is 5.76 Å². The lowest BCUT2D eigenvalue weighted by molar-refractivity contribution is -0.116. The minimum Gasteiger partial charge on any atom is -0.438 e. The number of ether oxygens (including phenoxy) is 1. The van der Waals surface area contributed by atoms with E-state index in [2.05, 4.69) is 20.6 Å². The Morgan fingerprint density at radius 2 is 1.85 bits per heavy atom. The number of amides is 1. The second-order valence-electron chi connectivity index (χ2n) is 7.23. The molecule has 10 heteroatoms. The van der Waals surface area contributed by atoms with Crippen LogP contribution < -0.4 is 15.8 Å². The fraction of sp³-hybridized carbons (Fsp3) is 0.0870. The molecule has 0 fully saturated rings. The topological polar surface area (TPSA) is 117 Å². The molecule has 0 unspecified atom stereocenters. The highest BCUT2D eigenvalue weighted by Gasteiger charge is 2.12. The number of nitrogens with zero attached hydrogens (tertiary/aromatic N) is 5. The first-order valence-corrected chi connectivity index (χ1v) is 10.1. The Labute approximate surface area is 187 Å². The number of fused-ring (bicyclic) bond motifs is 1. The summed E-state index contributed by atoms with van der Waals surface area (Å²) in [6.45, 7) is 1.73. The largest absolute Gasteiger partial charge is 0.438 e. The highest BCUT2D eigenvalue weighted by Crippen LogP contribution is 2.21. The van der Waals surface area contributed by atoms with Crippen molar-refractivity contribution in [2.24, 2.45) is 0 Å². The molecular weight excluding hydrogens is 424 g/mol. The Balaban J connectivity index is 1.22. The zero-order valence-electron chi connectivity index (χ0n) is 17.5. The Morgan fingerprint density at radius 1 is 1.03 bits per heavy atom. The molecule has 0 bridgehead atoms. The van der Waals surface area contributed by atoms with Gasteiger partial charge in [0.15, 0.2) is 11.4 Å². The minimum atomic E-state index is -0.579. The number of anilines is 1. The first-order chi connectivity index (χ1) is 16.0. The van der Waals surface area contributed by atoms with Crippen LogP contribution in [0.15, 0.2) is 82.1 Å². The fourth-order valence-electron chi connectivity index (χ4n) is 3.27. The van der Waals surface area contributed by atoms with Crippen molar-refractivity contribution in [2.75, 3.05) is 5.32 Å². The average molecular weight is 442 g/mol. The Bertz CT molecular complexity index is 1480. The van der Waals surface area contributed by atoms with Crippen LogP contribution in [0.4, 0.5) is 5.69 Å². The molecule has 0 saturated heterocycles. The number of carbonyl (C=O) groups excluding carboxylic acids is 1. The van der Waals surface area contributed by atoms with E-state index in [4.69, 9.17) is 9.15 Å². The maximum atomic E-state index is 12.4. The van der Waals surface area contributed by atoms with E-state index >= 15 is 0 Å². The van der Waals surface area contributed by atoms with Crippen molar-refractivity contribution in [1.29, 1.82) is 0 Å². The van der Waals surface area contributed by atoms with E-state index in [0.29, 0.717) is 34.2 Å². The van der Waals surface area contributed by atoms with E-state index in [0.717, 1.165) is 5.69 Å². The third-order valence-electron chi connectivity index (χ3n) is 4.82. The number of carbonyl (C=O) groups is 1. The van der Waals surface area contributed by atoms with Gasteiger partial charge in [0.05, 0.1) is 11.2 Å². The van der Waals surface area contributed by atoms with Crippen LogP contribution in [-0.4, -0.2) is 30.5 Å². The van der Waals surface area contributed by atoms with E-state index in [1.54, 1.807) is 71.5 Å². The number of hydrogen-bond acceptors (Lipinski definition) is 7. The Hall–Kier alpha value is -4.73. The smallest absolute Gasteiger partial charge is 0.420 e. The summed E-state index contributed by atoms with van der Waals surface area (Å²) in [7, 11) is 0. The van der Waals surface area contributed by atoms with Gasteiger partial charge in [-0.05, 0) is 55.5 Å². The number of para-hydroxylation sites is 2. The molecule has 0 atom stereocenters. The van der Waals surface area contributed by atoms with Gasteiger partial charge in [0.25, 0.3) is 0 Å².